The van der Waals surface area contributed by atoms with Crippen LogP contribution in [0.4, 0.5) is 5.69 Å². The van der Waals surface area contributed by atoms with Gasteiger partial charge in [0.05, 0.1) is 5.92 Å². The lowest BCUT2D eigenvalue weighted by Gasteiger charge is -2.16. The Kier molecular flexibility index (Phi) is 6.52. The van der Waals surface area contributed by atoms with Crippen molar-refractivity contribution in [2.24, 2.45) is 0 Å². The quantitative estimate of drug-likeness (QED) is 0.654. The van der Waals surface area contributed by atoms with E-state index in [2.05, 4.69) is 15.6 Å². The summed E-state index contributed by atoms with van der Waals surface area (Å²) in [5.41, 5.74) is 3.16. The second kappa shape index (κ2) is 9.46. The number of rotatable bonds is 7. The Hall–Kier alpha value is -3.47. The van der Waals surface area contributed by atoms with E-state index in [0.29, 0.717) is 17.8 Å². The van der Waals surface area contributed by atoms with Crippen molar-refractivity contribution < 1.29 is 9.59 Å². The summed E-state index contributed by atoms with van der Waals surface area (Å²) in [6.45, 7) is 2.41. The lowest BCUT2D eigenvalue weighted by Crippen LogP contribution is -2.28. The van der Waals surface area contributed by atoms with E-state index >= 15 is 0 Å². The average Bonchev–Trinajstić information content (AvgIpc) is 2.74. The fourth-order valence-corrected chi connectivity index (χ4v) is 3.04. The molecule has 2 N–H and O–H groups in total. The van der Waals surface area contributed by atoms with Crippen LogP contribution in [0.5, 0.6) is 0 Å². The van der Waals surface area contributed by atoms with Gasteiger partial charge in [-0.3, -0.25) is 14.6 Å². The lowest BCUT2D eigenvalue weighted by molar-refractivity contribution is -0.122. The first-order valence-electron chi connectivity index (χ1n) is 9.30. The standard InChI is InChI=1S/C23H23N3O2/c1-2-21(18-8-4-3-5-9-18)23(28)25-16-17-7-6-10-20(15-17)26-22(27)19-11-13-24-14-12-19/h3-15,21H,2,16H2,1H3,(H,25,28)(H,26,27)/t21-/m0/s1. The number of hydrogen-bond acceptors (Lipinski definition) is 3. The average molecular weight is 373 g/mol. The minimum Gasteiger partial charge on any atom is -0.351 e. The molecule has 0 bridgehead atoms. The minimum absolute atomic E-state index is 0.0000702. The number of amides is 2. The topological polar surface area (TPSA) is 71.1 Å². The summed E-state index contributed by atoms with van der Waals surface area (Å²) < 4.78 is 0. The van der Waals surface area contributed by atoms with Crippen LogP contribution in [0.25, 0.3) is 0 Å². The smallest absolute Gasteiger partial charge is 0.255 e. The molecule has 5 nitrogen and oxygen atoms in total. The molecule has 5 heteroatoms. The van der Waals surface area contributed by atoms with Gasteiger partial charge in [0.15, 0.2) is 0 Å². The molecule has 0 saturated carbocycles. The molecule has 0 spiro atoms. The molecule has 2 aromatic carbocycles. The van der Waals surface area contributed by atoms with Gasteiger partial charge in [-0.1, -0.05) is 49.4 Å². The van der Waals surface area contributed by atoms with Crippen LogP contribution in [-0.2, 0) is 11.3 Å². The number of carbonyl (C=O) groups is 2. The third-order valence-corrected chi connectivity index (χ3v) is 4.52. The lowest BCUT2D eigenvalue weighted by atomic mass is 9.95. The van der Waals surface area contributed by atoms with E-state index in [-0.39, 0.29) is 17.7 Å². The van der Waals surface area contributed by atoms with Crippen molar-refractivity contribution >= 4 is 17.5 Å². The number of hydrogen-bond donors (Lipinski definition) is 2. The zero-order chi connectivity index (χ0) is 19.8. The maximum Gasteiger partial charge on any atom is 0.255 e. The van der Waals surface area contributed by atoms with Crippen LogP contribution in [0.3, 0.4) is 0 Å². The third kappa shape index (κ3) is 5.04. The van der Waals surface area contributed by atoms with Gasteiger partial charge in [0.1, 0.15) is 0 Å². The molecule has 2 amide bonds. The molecule has 0 aliphatic heterocycles. The maximum absolute atomic E-state index is 12.6. The highest BCUT2D eigenvalue weighted by Gasteiger charge is 2.18. The molecule has 142 valence electrons. The van der Waals surface area contributed by atoms with Gasteiger partial charge in [-0.25, -0.2) is 0 Å². The summed E-state index contributed by atoms with van der Waals surface area (Å²) in [6, 6.07) is 20.6. The molecule has 1 atom stereocenters. The van der Waals surface area contributed by atoms with E-state index in [0.717, 1.165) is 17.5 Å². The van der Waals surface area contributed by atoms with Crippen molar-refractivity contribution in [3.05, 3.63) is 95.8 Å². The Bertz CT molecular complexity index is 927. The summed E-state index contributed by atoms with van der Waals surface area (Å²) in [6.07, 6.45) is 3.90. The number of aromatic nitrogens is 1. The van der Waals surface area contributed by atoms with E-state index in [4.69, 9.17) is 0 Å². The highest BCUT2D eigenvalue weighted by Crippen LogP contribution is 2.19. The molecule has 0 fully saturated rings. The van der Waals surface area contributed by atoms with Gasteiger partial charge in [-0.2, -0.15) is 0 Å². The van der Waals surface area contributed by atoms with Crippen LogP contribution >= 0.6 is 0 Å². The molecule has 1 aromatic heterocycles. The fourth-order valence-electron chi connectivity index (χ4n) is 3.04. The van der Waals surface area contributed by atoms with E-state index < -0.39 is 0 Å². The predicted octanol–water partition coefficient (Wildman–Crippen LogP) is 4.14. The van der Waals surface area contributed by atoms with Gasteiger partial charge < -0.3 is 10.6 Å². The SMILES string of the molecule is CC[C@H](C(=O)NCc1cccc(NC(=O)c2ccncc2)c1)c1ccccc1. The first-order valence-corrected chi connectivity index (χ1v) is 9.30. The number of benzene rings is 2. The Balaban J connectivity index is 1.61. The summed E-state index contributed by atoms with van der Waals surface area (Å²) in [7, 11) is 0. The largest absolute Gasteiger partial charge is 0.351 e. The Morgan fingerprint density at radius 2 is 1.71 bits per heavy atom. The number of nitrogens with one attached hydrogen (secondary N) is 2. The Labute approximate surface area is 164 Å². The van der Waals surface area contributed by atoms with Gasteiger partial charge in [0.25, 0.3) is 5.91 Å². The first kappa shape index (κ1) is 19.3. The van der Waals surface area contributed by atoms with Crippen molar-refractivity contribution in [2.75, 3.05) is 5.32 Å². The van der Waals surface area contributed by atoms with Gasteiger partial charge in [0.2, 0.25) is 5.91 Å². The van der Waals surface area contributed by atoms with Gasteiger partial charge in [-0.15, -0.1) is 0 Å². The van der Waals surface area contributed by atoms with E-state index in [1.807, 2.05) is 61.5 Å². The number of pyridine rings is 1. The predicted molar refractivity (Wildman–Crippen MR) is 110 cm³/mol. The fraction of sp³-hybridized carbons (Fsp3) is 0.174. The molecule has 0 aliphatic rings. The Morgan fingerprint density at radius 3 is 2.43 bits per heavy atom. The highest BCUT2D eigenvalue weighted by atomic mass is 16.2. The summed E-state index contributed by atoms with van der Waals surface area (Å²) in [4.78, 5) is 28.8. The van der Waals surface area contributed by atoms with Gasteiger partial charge in [-0.05, 0) is 41.8 Å². The summed E-state index contributed by atoms with van der Waals surface area (Å²) in [5.74, 6) is -0.366. The molecule has 0 unspecified atom stereocenters. The molecule has 28 heavy (non-hydrogen) atoms. The molecule has 0 aliphatic carbocycles. The van der Waals surface area contributed by atoms with Crippen LogP contribution in [0.1, 0.15) is 40.7 Å². The summed E-state index contributed by atoms with van der Waals surface area (Å²) in [5, 5.41) is 5.87. The number of nitrogens with zero attached hydrogens (tertiary/aromatic N) is 1. The first-order chi connectivity index (χ1) is 13.7. The van der Waals surface area contributed by atoms with Crippen molar-refractivity contribution in [3.8, 4) is 0 Å². The molecular weight excluding hydrogens is 350 g/mol. The number of carbonyl (C=O) groups excluding carboxylic acids is 2. The highest BCUT2D eigenvalue weighted by molar-refractivity contribution is 6.04. The Morgan fingerprint density at radius 1 is 0.964 bits per heavy atom. The molecule has 1 heterocycles. The molecule has 3 rings (SSSR count). The maximum atomic E-state index is 12.6. The zero-order valence-corrected chi connectivity index (χ0v) is 15.8. The molecular formula is C23H23N3O2. The van der Waals surface area contributed by atoms with Crippen molar-refractivity contribution in [1.29, 1.82) is 0 Å². The van der Waals surface area contributed by atoms with Gasteiger partial charge in [0, 0.05) is 30.2 Å². The number of anilines is 1. The van der Waals surface area contributed by atoms with Crippen LogP contribution < -0.4 is 10.6 Å². The van der Waals surface area contributed by atoms with E-state index in [1.54, 1.807) is 24.5 Å². The molecule has 3 aromatic rings. The molecule has 0 saturated heterocycles. The third-order valence-electron chi connectivity index (χ3n) is 4.52. The van der Waals surface area contributed by atoms with E-state index in [9.17, 15) is 9.59 Å². The second-order valence-electron chi connectivity index (χ2n) is 6.48. The van der Waals surface area contributed by atoms with E-state index in [1.165, 1.54) is 0 Å². The second-order valence-corrected chi connectivity index (χ2v) is 6.48. The van der Waals surface area contributed by atoms with Crippen LogP contribution in [0, 0.1) is 0 Å². The van der Waals surface area contributed by atoms with Crippen molar-refractivity contribution in [1.82, 2.24) is 10.3 Å². The normalized spacial score (nSPS) is 11.5. The van der Waals surface area contributed by atoms with Crippen LogP contribution in [0.2, 0.25) is 0 Å². The monoisotopic (exact) mass is 373 g/mol. The zero-order valence-electron chi connectivity index (χ0n) is 15.8. The van der Waals surface area contributed by atoms with Crippen molar-refractivity contribution in [3.63, 3.8) is 0 Å². The van der Waals surface area contributed by atoms with Gasteiger partial charge >= 0.3 is 0 Å². The van der Waals surface area contributed by atoms with Crippen molar-refractivity contribution in [2.45, 2.75) is 25.8 Å². The summed E-state index contributed by atoms with van der Waals surface area (Å²) >= 11 is 0. The van der Waals surface area contributed by atoms with Crippen LogP contribution in [0.15, 0.2) is 79.1 Å². The van der Waals surface area contributed by atoms with Crippen LogP contribution in [-0.4, -0.2) is 16.8 Å². The minimum atomic E-state index is -0.196. The molecule has 0 radical (unpaired) electrons.